The zero-order chi connectivity index (χ0) is 10.9. The monoisotopic (exact) mass is 200 g/mol. The van der Waals surface area contributed by atoms with Crippen molar-refractivity contribution in [2.24, 2.45) is 22.8 Å². The Morgan fingerprint density at radius 3 is 2.21 bits per heavy atom. The van der Waals surface area contributed by atoms with Gasteiger partial charge in [-0.1, -0.05) is 20.8 Å². The van der Waals surface area contributed by atoms with Crippen LogP contribution in [0.25, 0.3) is 0 Å². The summed E-state index contributed by atoms with van der Waals surface area (Å²) < 4.78 is 5.15. The van der Waals surface area contributed by atoms with Crippen molar-refractivity contribution in [1.82, 2.24) is 0 Å². The van der Waals surface area contributed by atoms with E-state index in [1.165, 1.54) is 0 Å². The smallest absolute Gasteiger partial charge is 0.404 e. The summed E-state index contributed by atoms with van der Waals surface area (Å²) in [6.45, 7) is 6.14. The molecule has 1 saturated carbocycles. The zero-order valence-corrected chi connectivity index (χ0v) is 9.12. The van der Waals surface area contributed by atoms with Gasteiger partial charge in [0.05, 0.1) is 0 Å². The molecule has 0 saturated heterocycles. The van der Waals surface area contributed by atoms with E-state index >= 15 is 0 Å². The Kier molecular flexibility index (Phi) is 3.04. The van der Waals surface area contributed by atoms with Gasteiger partial charge in [-0.15, -0.1) is 0 Å². The van der Waals surface area contributed by atoms with Gasteiger partial charge >= 0.3 is 6.09 Å². The average molecular weight is 200 g/mol. The summed E-state index contributed by atoms with van der Waals surface area (Å²) in [5.74, 6) is 0.373. The number of hydrogen-bond acceptors (Lipinski definition) is 3. The molecule has 4 heteroatoms. The summed E-state index contributed by atoms with van der Waals surface area (Å²) in [6.07, 6.45) is 1.05. The largest absolute Gasteiger partial charge is 0.446 e. The Morgan fingerprint density at radius 1 is 1.43 bits per heavy atom. The lowest BCUT2D eigenvalue weighted by Crippen LogP contribution is -2.49. The van der Waals surface area contributed by atoms with E-state index in [4.69, 9.17) is 16.2 Å². The molecule has 0 bridgehead atoms. The van der Waals surface area contributed by atoms with Crippen molar-refractivity contribution < 1.29 is 9.53 Å². The molecular formula is C10H20N2O2. The first-order valence-electron chi connectivity index (χ1n) is 5.02. The highest BCUT2D eigenvalue weighted by atomic mass is 16.6. The van der Waals surface area contributed by atoms with E-state index in [0.717, 1.165) is 12.8 Å². The molecule has 1 rings (SSSR count). The molecule has 1 unspecified atom stereocenters. The summed E-state index contributed by atoms with van der Waals surface area (Å²) in [7, 11) is 0. The molecule has 1 atom stereocenters. The summed E-state index contributed by atoms with van der Waals surface area (Å²) in [6, 6.07) is 0.265. The molecule has 4 nitrogen and oxygen atoms in total. The normalized spacial score (nSPS) is 29.1. The van der Waals surface area contributed by atoms with Crippen LogP contribution in [-0.4, -0.2) is 18.2 Å². The Morgan fingerprint density at radius 2 is 1.93 bits per heavy atom. The molecule has 1 fully saturated rings. The van der Waals surface area contributed by atoms with E-state index in [1.54, 1.807) is 0 Å². The number of nitrogens with two attached hydrogens (primary N) is 2. The highest BCUT2D eigenvalue weighted by molar-refractivity contribution is 5.64. The number of amides is 1. The summed E-state index contributed by atoms with van der Waals surface area (Å²) in [5.41, 5.74) is 10.7. The predicted molar refractivity (Wildman–Crippen MR) is 54.6 cm³/mol. The molecule has 1 amide bonds. The van der Waals surface area contributed by atoms with Crippen LogP contribution in [0.4, 0.5) is 4.79 Å². The van der Waals surface area contributed by atoms with E-state index < -0.39 is 6.09 Å². The summed E-state index contributed by atoms with van der Waals surface area (Å²) >= 11 is 0. The molecule has 0 aromatic carbocycles. The van der Waals surface area contributed by atoms with E-state index in [9.17, 15) is 4.79 Å². The number of hydrogen-bond donors (Lipinski definition) is 2. The fraction of sp³-hybridized carbons (Fsp3) is 0.900. The maximum Gasteiger partial charge on any atom is 0.404 e. The number of rotatable bonds is 2. The molecule has 0 heterocycles. The van der Waals surface area contributed by atoms with Crippen molar-refractivity contribution in [1.29, 1.82) is 0 Å². The maximum atomic E-state index is 10.8. The molecule has 0 radical (unpaired) electrons. The molecule has 0 aliphatic heterocycles. The van der Waals surface area contributed by atoms with Gasteiger partial charge in [-0.2, -0.15) is 0 Å². The maximum absolute atomic E-state index is 10.8. The molecule has 1 aliphatic carbocycles. The SMILES string of the molecule is CC(C)(C)C(OC(N)=O)C1CC(N)C1. The molecule has 4 N–H and O–H groups in total. The Bertz CT molecular complexity index is 217. The second-order valence-corrected chi connectivity index (χ2v) is 5.22. The van der Waals surface area contributed by atoms with Gasteiger partial charge in [-0.25, -0.2) is 4.79 Å². The van der Waals surface area contributed by atoms with Crippen LogP contribution in [0, 0.1) is 11.3 Å². The highest BCUT2D eigenvalue weighted by Gasteiger charge is 2.41. The van der Waals surface area contributed by atoms with Crippen LogP contribution < -0.4 is 11.5 Å². The first-order valence-corrected chi connectivity index (χ1v) is 5.02. The van der Waals surface area contributed by atoms with Crippen molar-refractivity contribution in [3.63, 3.8) is 0 Å². The van der Waals surface area contributed by atoms with Crippen molar-refractivity contribution >= 4 is 6.09 Å². The third-order valence-electron chi connectivity index (χ3n) is 2.74. The number of primary amides is 1. The van der Waals surface area contributed by atoms with Gasteiger partial charge in [0.2, 0.25) is 0 Å². The van der Waals surface area contributed by atoms with Gasteiger partial charge in [-0.05, 0) is 24.2 Å². The van der Waals surface area contributed by atoms with Crippen LogP contribution in [-0.2, 0) is 4.74 Å². The second-order valence-electron chi connectivity index (χ2n) is 5.22. The van der Waals surface area contributed by atoms with Crippen LogP contribution in [0.2, 0.25) is 0 Å². The minimum absolute atomic E-state index is 0.0696. The van der Waals surface area contributed by atoms with Gasteiger partial charge in [0, 0.05) is 6.04 Å². The third kappa shape index (κ3) is 2.61. The summed E-state index contributed by atoms with van der Waals surface area (Å²) in [5, 5.41) is 0. The zero-order valence-electron chi connectivity index (χ0n) is 9.12. The van der Waals surface area contributed by atoms with Gasteiger partial charge in [0.25, 0.3) is 0 Å². The minimum Gasteiger partial charge on any atom is -0.446 e. The number of carbonyl (C=O) groups excluding carboxylic acids is 1. The van der Waals surface area contributed by atoms with Gasteiger partial charge < -0.3 is 16.2 Å². The Hall–Kier alpha value is -0.770. The lowest BCUT2D eigenvalue weighted by atomic mass is 9.69. The van der Waals surface area contributed by atoms with E-state index in [2.05, 4.69) is 0 Å². The topological polar surface area (TPSA) is 78.3 Å². The minimum atomic E-state index is -0.689. The molecular weight excluding hydrogens is 180 g/mol. The molecule has 0 aromatic heterocycles. The third-order valence-corrected chi connectivity index (χ3v) is 2.74. The quantitative estimate of drug-likeness (QED) is 0.703. The summed E-state index contributed by atoms with van der Waals surface area (Å²) in [4.78, 5) is 10.8. The molecule has 0 aromatic rings. The van der Waals surface area contributed by atoms with E-state index in [1.807, 2.05) is 20.8 Å². The van der Waals surface area contributed by atoms with Crippen LogP contribution in [0.1, 0.15) is 33.6 Å². The molecule has 82 valence electrons. The van der Waals surface area contributed by atoms with Crippen LogP contribution in [0.5, 0.6) is 0 Å². The van der Waals surface area contributed by atoms with Crippen molar-refractivity contribution in [2.75, 3.05) is 0 Å². The van der Waals surface area contributed by atoms with E-state index in [-0.39, 0.29) is 17.6 Å². The fourth-order valence-electron chi connectivity index (χ4n) is 2.06. The molecule has 1 aliphatic rings. The lowest BCUT2D eigenvalue weighted by Gasteiger charge is -2.43. The molecule has 0 spiro atoms. The van der Waals surface area contributed by atoms with Crippen molar-refractivity contribution in [3.8, 4) is 0 Å². The van der Waals surface area contributed by atoms with Gasteiger partial charge in [-0.3, -0.25) is 0 Å². The van der Waals surface area contributed by atoms with Crippen molar-refractivity contribution in [2.45, 2.75) is 45.8 Å². The Balaban J connectivity index is 2.58. The number of ether oxygens (including phenoxy) is 1. The molecule has 14 heavy (non-hydrogen) atoms. The first kappa shape index (κ1) is 11.3. The van der Waals surface area contributed by atoms with Crippen LogP contribution in [0.3, 0.4) is 0 Å². The van der Waals surface area contributed by atoms with Crippen LogP contribution >= 0.6 is 0 Å². The predicted octanol–water partition coefficient (Wildman–Crippen LogP) is 1.23. The van der Waals surface area contributed by atoms with Gasteiger partial charge in [0.1, 0.15) is 6.10 Å². The fourth-order valence-corrected chi connectivity index (χ4v) is 2.06. The van der Waals surface area contributed by atoms with E-state index in [0.29, 0.717) is 5.92 Å². The average Bonchev–Trinajstić information content (AvgIpc) is 1.92. The Labute approximate surface area is 85.0 Å². The lowest BCUT2D eigenvalue weighted by molar-refractivity contribution is -0.0342. The van der Waals surface area contributed by atoms with Crippen LogP contribution in [0.15, 0.2) is 0 Å². The number of carbonyl (C=O) groups is 1. The first-order chi connectivity index (χ1) is 6.30. The van der Waals surface area contributed by atoms with Gasteiger partial charge in [0.15, 0.2) is 0 Å². The second kappa shape index (κ2) is 3.77. The standard InChI is InChI=1S/C10H20N2O2/c1-10(2,3)8(14-9(12)13)6-4-7(11)5-6/h6-8H,4-5,11H2,1-3H3,(H2,12,13). The highest BCUT2D eigenvalue weighted by Crippen LogP contribution is 2.38. The van der Waals surface area contributed by atoms with Crippen molar-refractivity contribution in [3.05, 3.63) is 0 Å².